The summed E-state index contributed by atoms with van der Waals surface area (Å²) in [4.78, 5) is 4.38. The van der Waals surface area contributed by atoms with Crippen molar-refractivity contribution in [3.63, 3.8) is 0 Å². The maximum absolute atomic E-state index is 5.50. The fourth-order valence-electron chi connectivity index (χ4n) is 1.78. The number of hydrogen-bond donors (Lipinski definition) is 0. The molecule has 0 amide bonds. The van der Waals surface area contributed by atoms with Gasteiger partial charge in [-0.2, -0.15) is 0 Å². The third kappa shape index (κ3) is 1.88. The van der Waals surface area contributed by atoms with Crippen LogP contribution in [0.5, 0.6) is 0 Å². The quantitative estimate of drug-likeness (QED) is 0.740. The first-order valence-corrected chi connectivity index (χ1v) is 5.16. The summed E-state index contributed by atoms with van der Waals surface area (Å²) in [6.07, 6.45) is 0.0606. The van der Waals surface area contributed by atoms with E-state index in [-0.39, 0.29) is 6.10 Å². The molecule has 1 atom stereocenters. The van der Waals surface area contributed by atoms with Crippen LogP contribution in [0.2, 0.25) is 0 Å². The first kappa shape index (κ1) is 10.2. The SMILES string of the molecule is CCOC1=NCC(OC)c2ccccc21. The molecule has 1 aliphatic rings. The normalized spacial score (nSPS) is 19.3. The largest absolute Gasteiger partial charge is 0.478 e. The molecule has 15 heavy (non-hydrogen) atoms. The van der Waals surface area contributed by atoms with E-state index in [1.807, 2.05) is 25.1 Å². The van der Waals surface area contributed by atoms with Crippen LogP contribution in [-0.2, 0) is 9.47 Å². The Morgan fingerprint density at radius 3 is 2.93 bits per heavy atom. The summed E-state index contributed by atoms with van der Waals surface area (Å²) in [5, 5.41) is 0. The van der Waals surface area contributed by atoms with Gasteiger partial charge in [0.05, 0.1) is 13.2 Å². The van der Waals surface area contributed by atoms with Crippen molar-refractivity contribution in [3.8, 4) is 0 Å². The van der Waals surface area contributed by atoms with Gasteiger partial charge in [-0.3, -0.25) is 0 Å². The third-order valence-corrected chi connectivity index (χ3v) is 2.50. The highest BCUT2D eigenvalue weighted by Crippen LogP contribution is 2.26. The second-order valence-corrected chi connectivity index (χ2v) is 3.39. The van der Waals surface area contributed by atoms with Gasteiger partial charge in [0.1, 0.15) is 6.10 Å². The molecule has 3 nitrogen and oxygen atoms in total. The number of rotatable bonds is 2. The molecule has 0 N–H and O–H groups in total. The number of hydrogen-bond acceptors (Lipinski definition) is 3. The van der Waals surface area contributed by atoms with E-state index in [9.17, 15) is 0 Å². The average molecular weight is 205 g/mol. The van der Waals surface area contributed by atoms with Crippen molar-refractivity contribution in [2.24, 2.45) is 4.99 Å². The van der Waals surface area contributed by atoms with Gasteiger partial charge in [0.25, 0.3) is 0 Å². The van der Waals surface area contributed by atoms with Crippen LogP contribution in [-0.4, -0.2) is 26.2 Å². The van der Waals surface area contributed by atoms with Gasteiger partial charge in [-0.25, -0.2) is 4.99 Å². The van der Waals surface area contributed by atoms with Crippen LogP contribution in [0, 0.1) is 0 Å². The molecule has 1 aromatic rings. The molecule has 0 aliphatic carbocycles. The Kier molecular flexibility index (Phi) is 3.02. The van der Waals surface area contributed by atoms with E-state index >= 15 is 0 Å². The fraction of sp³-hybridized carbons (Fsp3) is 0.417. The number of nitrogens with zero attached hydrogens (tertiary/aromatic N) is 1. The lowest BCUT2D eigenvalue weighted by atomic mass is 9.99. The summed E-state index contributed by atoms with van der Waals surface area (Å²) < 4.78 is 10.9. The molecule has 80 valence electrons. The maximum atomic E-state index is 5.50. The van der Waals surface area contributed by atoms with Gasteiger partial charge in [0.2, 0.25) is 5.90 Å². The Morgan fingerprint density at radius 1 is 1.40 bits per heavy atom. The lowest BCUT2D eigenvalue weighted by Gasteiger charge is -2.23. The van der Waals surface area contributed by atoms with Gasteiger partial charge in [-0.05, 0) is 18.6 Å². The summed E-state index contributed by atoms with van der Waals surface area (Å²) >= 11 is 0. The van der Waals surface area contributed by atoms with Gasteiger partial charge >= 0.3 is 0 Å². The molecule has 1 aromatic carbocycles. The molecule has 0 spiro atoms. The van der Waals surface area contributed by atoms with Crippen LogP contribution >= 0.6 is 0 Å². The summed E-state index contributed by atoms with van der Waals surface area (Å²) in [6.45, 7) is 3.25. The van der Waals surface area contributed by atoms with Gasteiger partial charge in [-0.1, -0.05) is 18.2 Å². The predicted molar refractivity (Wildman–Crippen MR) is 59.2 cm³/mol. The third-order valence-electron chi connectivity index (χ3n) is 2.50. The molecule has 1 heterocycles. The van der Waals surface area contributed by atoms with E-state index < -0.39 is 0 Å². The molecule has 0 fully saturated rings. The van der Waals surface area contributed by atoms with Crippen molar-refractivity contribution in [1.82, 2.24) is 0 Å². The first-order chi connectivity index (χ1) is 7.36. The highest BCUT2D eigenvalue weighted by molar-refractivity contribution is 5.96. The molecule has 0 aromatic heterocycles. The Balaban J connectivity index is 2.38. The second kappa shape index (κ2) is 4.45. The zero-order valence-corrected chi connectivity index (χ0v) is 9.06. The number of aliphatic imine (C=N–C) groups is 1. The van der Waals surface area contributed by atoms with E-state index in [4.69, 9.17) is 9.47 Å². The van der Waals surface area contributed by atoms with E-state index in [1.54, 1.807) is 7.11 Å². The minimum Gasteiger partial charge on any atom is -0.478 e. The molecule has 1 unspecified atom stereocenters. The Morgan fingerprint density at radius 2 is 2.20 bits per heavy atom. The molecule has 0 saturated heterocycles. The highest BCUT2D eigenvalue weighted by atomic mass is 16.5. The minimum atomic E-state index is 0.0606. The molecule has 2 rings (SSSR count). The molecule has 3 heteroatoms. The zero-order chi connectivity index (χ0) is 10.7. The number of ether oxygens (including phenoxy) is 2. The summed E-state index contributed by atoms with van der Waals surface area (Å²) in [5.41, 5.74) is 2.22. The van der Waals surface area contributed by atoms with Crippen molar-refractivity contribution < 1.29 is 9.47 Å². The summed E-state index contributed by atoms with van der Waals surface area (Å²) in [6, 6.07) is 8.09. The van der Waals surface area contributed by atoms with E-state index in [0.717, 1.165) is 11.5 Å². The van der Waals surface area contributed by atoms with Crippen molar-refractivity contribution in [1.29, 1.82) is 0 Å². The van der Waals surface area contributed by atoms with Gasteiger partial charge in [0.15, 0.2) is 0 Å². The van der Waals surface area contributed by atoms with Gasteiger partial charge in [0, 0.05) is 12.7 Å². The van der Waals surface area contributed by atoms with Crippen molar-refractivity contribution in [3.05, 3.63) is 35.4 Å². The Labute approximate surface area is 89.7 Å². The average Bonchev–Trinajstić information content (AvgIpc) is 2.30. The minimum absolute atomic E-state index is 0.0606. The topological polar surface area (TPSA) is 30.8 Å². The molecule has 0 bridgehead atoms. The number of benzene rings is 1. The first-order valence-electron chi connectivity index (χ1n) is 5.16. The van der Waals surface area contributed by atoms with Crippen LogP contribution < -0.4 is 0 Å². The number of fused-ring (bicyclic) bond motifs is 1. The van der Waals surface area contributed by atoms with Crippen molar-refractivity contribution >= 4 is 5.90 Å². The number of methoxy groups -OCH3 is 1. The van der Waals surface area contributed by atoms with Gasteiger partial charge < -0.3 is 9.47 Å². The maximum Gasteiger partial charge on any atom is 0.216 e. The second-order valence-electron chi connectivity index (χ2n) is 3.39. The molecular weight excluding hydrogens is 190 g/mol. The van der Waals surface area contributed by atoms with E-state index in [2.05, 4.69) is 11.1 Å². The molecule has 1 aliphatic heterocycles. The van der Waals surface area contributed by atoms with Crippen LogP contribution in [0.1, 0.15) is 24.2 Å². The smallest absolute Gasteiger partial charge is 0.216 e. The van der Waals surface area contributed by atoms with Crippen LogP contribution in [0.15, 0.2) is 29.3 Å². The van der Waals surface area contributed by atoms with Crippen LogP contribution in [0.4, 0.5) is 0 Å². The molecule has 0 radical (unpaired) electrons. The zero-order valence-electron chi connectivity index (χ0n) is 9.06. The fourth-order valence-corrected chi connectivity index (χ4v) is 1.78. The highest BCUT2D eigenvalue weighted by Gasteiger charge is 2.22. The monoisotopic (exact) mass is 205 g/mol. The molecule has 0 saturated carbocycles. The Hall–Kier alpha value is -1.35. The standard InChI is InChI=1S/C12H15NO2/c1-3-15-12-10-7-5-4-6-9(10)11(14-2)8-13-12/h4-7,11H,3,8H2,1-2H3. The summed E-state index contributed by atoms with van der Waals surface area (Å²) in [7, 11) is 1.71. The van der Waals surface area contributed by atoms with Crippen LogP contribution in [0.3, 0.4) is 0 Å². The predicted octanol–water partition coefficient (Wildman–Crippen LogP) is 2.17. The molecular formula is C12H15NO2. The van der Waals surface area contributed by atoms with Crippen LogP contribution in [0.25, 0.3) is 0 Å². The van der Waals surface area contributed by atoms with E-state index in [0.29, 0.717) is 13.2 Å². The van der Waals surface area contributed by atoms with Crippen molar-refractivity contribution in [2.75, 3.05) is 20.3 Å². The lowest BCUT2D eigenvalue weighted by Crippen LogP contribution is -2.20. The van der Waals surface area contributed by atoms with Crippen molar-refractivity contribution in [2.45, 2.75) is 13.0 Å². The summed E-state index contributed by atoms with van der Waals surface area (Å²) in [5.74, 6) is 0.737. The van der Waals surface area contributed by atoms with Gasteiger partial charge in [-0.15, -0.1) is 0 Å². The Bertz CT molecular complexity index is 374. The van der Waals surface area contributed by atoms with E-state index in [1.165, 1.54) is 5.56 Å². The lowest BCUT2D eigenvalue weighted by molar-refractivity contribution is 0.108.